The minimum Gasteiger partial charge on any atom is -0.496 e. The van der Waals surface area contributed by atoms with Gasteiger partial charge in [-0.3, -0.25) is 9.52 Å². The number of hydrogen-bond acceptors (Lipinski definition) is 4. The van der Waals surface area contributed by atoms with Gasteiger partial charge in [0.05, 0.1) is 23.4 Å². The first-order chi connectivity index (χ1) is 11.2. The van der Waals surface area contributed by atoms with Crippen LogP contribution >= 0.6 is 0 Å². The van der Waals surface area contributed by atoms with E-state index in [0.717, 1.165) is 5.56 Å². The van der Waals surface area contributed by atoms with Gasteiger partial charge < -0.3 is 10.1 Å². The largest absolute Gasteiger partial charge is 0.496 e. The molecule has 24 heavy (non-hydrogen) atoms. The smallest absolute Gasteiger partial charge is 0.262 e. The summed E-state index contributed by atoms with van der Waals surface area (Å²) >= 11 is 0. The van der Waals surface area contributed by atoms with E-state index in [4.69, 9.17) is 4.74 Å². The van der Waals surface area contributed by atoms with Crippen molar-refractivity contribution in [3.8, 4) is 5.75 Å². The average Bonchev–Trinajstić information content (AvgIpc) is 2.50. The van der Waals surface area contributed by atoms with Gasteiger partial charge in [-0.15, -0.1) is 0 Å². The Morgan fingerprint density at radius 3 is 2.25 bits per heavy atom. The molecule has 0 radical (unpaired) electrons. The van der Waals surface area contributed by atoms with Crippen molar-refractivity contribution in [2.45, 2.75) is 25.7 Å². The standard InChI is InChI=1S/C17H20N2O4S/c1-11-10-17(12(2)9-16(11)23-4)24(21,22)19-15-8-6-5-7-14(15)18-13(3)20/h5-10,19H,1-4H3,(H,18,20). The summed E-state index contributed by atoms with van der Waals surface area (Å²) in [5.41, 5.74) is 2.00. The maximum atomic E-state index is 12.7. The maximum absolute atomic E-state index is 12.7. The lowest BCUT2D eigenvalue weighted by Gasteiger charge is -2.15. The molecule has 0 heterocycles. The predicted molar refractivity (Wildman–Crippen MR) is 94.0 cm³/mol. The Morgan fingerprint density at radius 2 is 1.67 bits per heavy atom. The van der Waals surface area contributed by atoms with Crippen LogP contribution < -0.4 is 14.8 Å². The molecule has 0 bridgehead atoms. The van der Waals surface area contributed by atoms with Crippen molar-refractivity contribution in [2.24, 2.45) is 0 Å². The van der Waals surface area contributed by atoms with Crippen LogP contribution in [-0.2, 0) is 14.8 Å². The molecule has 0 atom stereocenters. The fraction of sp³-hybridized carbons (Fsp3) is 0.235. The lowest BCUT2D eigenvalue weighted by Crippen LogP contribution is -2.17. The number of anilines is 2. The van der Waals surface area contributed by atoms with Gasteiger partial charge in [0.15, 0.2) is 0 Å². The predicted octanol–water partition coefficient (Wildman–Crippen LogP) is 3.07. The summed E-state index contributed by atoms with van der Waals surface area (Å²) in [5, 5.41) is 2.61. The minimum absolute atomic E-state index is 0.165. The Bertz CT molecular complexity index is 876. The van der Waals surface area contributed by atoms with Gasteiger partial charge in [0.2, 0.25) is 5.91 Å². The van der Waals surface area contributed by atoms with Crippen LogP contribution in [0.3, 0.4) is 0 Å². The molecule has 0 spiro atoms. The fourth-order valence-electron chi connectivity index (χ4n) is 2.34. The number of ether oxygens (including phenoxy) is 1. The number of benzene rings is 2. The molecule has 0 saturated carbocycles. The second-order valence-electron chi connectivity index (χ2n) is 5.42. The number of para-hydroxylation sites is 2. The van der Waals surface area contributed by atoms with Crippen LogP contribution in [0.2, 0.25) is 0 Å². The van der Waals surface area contributed by atoms with E-state index in [-0.39, 0.29) is 10.8 Å². The molecule has 2 rings (SSSR count). The van der Waals surface area contributed by atoms with E-state index < -0.39 is 10.0 Å². The quantitative estimate of drug-likeness (QED) is 0.870. The van der Waals surface area contributed by atoms with E-state index in [0.29, 0.717) is 22.7 Å². The normalized spacial score (nSPS) is 11.0. The van der Waals surface area contributed by atoms with Crippen LogP contribution in [-0.4, -0.2) is 21.4 Å². The second-order valence-corrected chi connectivity index (χ2v) is 7.07. The van der Waals surface area contributed by atoms with Gasteiger partial charge in [0, 0.05) is 6.92 Å². The van der Waals surface area contributed by atoms with Crippen molar-refractivity contribution >= 4 is 27.3 Å². The average molecular weight is 348 g/mol. The van der Waals surface area contributed by atoms with E-state index in [1.165, 1.54) is 14.0 Å². The summed E-state index contributed by atoms with van der Waals surface area (Å²) in [4.78, 5) is 11.4. The highest BCUT2D eigenvalue weighted by Gasteiger charge is 2.20. The maximum Gasteiger partial charge on any atom is 0.262 e. The molecule has 0 unspecified atom stereocenters. The number of nitrogens with one attached hydrogen (secondary N) is 2. The third-order valence-electron chi connectivity index (χ3n) is 3.46. The second kappa shape index (κ2) is 6.92. The topological polar surface area (TPSA) is 84.5 Å². The van der Waals surface area contributed by atoms with Crippen LogP contribution in [0.5, 0.6) is 5.75 Å². The number of aryl methyl sites for hydroxylation is 2. The summed E-state index contributed by atoms with van der Waals surface area (Å²) in [5.74, 6) is 0.350. The van der Waals surface area contributed by atoms with E-state index >= 15 is 0 Å². The molecule has 0 fully saturated rings. The van der Waals surface area contributed by atoms with Crippen molar-refractivity contribution in [1.82, 2.24) is 0 Å². The third-order valence-corrected chi connectivity index (χ3v) is 4.97. The Morgan fingerprint density at radius 1 is 1.04 bits per heavy atom. The van der Waals surface area contributed by atoms with Crippen LogP contribution in [0.15, 0.2) is 41.3 Å². The Balaban J connectivity index is 2.43. The highest BCUT2D eigenvalue weighted by Crippen LogP contribution is 2.29. The lowest BCUT2D eigenvalue weighted by atomic mass is 10.1. The number of hydrogen-bond donors (Lipinski definition) is 2. The highest BCUT2D eigenvalue weighted by atomic mass is 32.2. The SMILES string of the molecule is COc1cc(C)c(S(=O)(=O)Nc2ccccc2NC(C)=O)cc1C. The van der Waals surface area contributed by atoms with Crippen molar-refractivity contribution in [3.63, 3.8) is 0 Å². The van der Waals surface area contributed by atoms with Gasteiger partial charge in [-0.05, 0) is 49.2 Å². The molecule has 2 aromatic carbocycles. The van der Waals surface area contributed by atoms with Crippen LogP contribution in [0, 0.1) is 13.8 Å². The van der Waals surface area contributed by atoms with E-state index in [9.17, 15) is 13.2 Å². The number of carbonyl (C=O) groups excluding carboxylic acids is 1. The zero-order valence-electron chi connectivity index (χ0n) is 14.0. The molecule has 0 aromatic heterocycles. The van der Waals surface area contributed by atoms with Gasteiger partial charge in [-0.25, -0.2) is 8.42 Å². The molecule has 0 aliphatic rings. The van der Waals surface area contributed by atoms with Crippen molar-refractivity contribution in [1.29, 1.82) is 0 Å². The molecular formula is C17H20N2O4S. The van der Waals surface area contributed by atoms with Gasteiger partial charge in [0.1, 0.15) is 5.75 Å². The van der Waals surface area contributed by atoms with Crippen molar-refractivity contribution in [3.05, 3.63) is 47.5 Å². The summed E-state index contributed by atoms with van der Waals surface area (Å²) in [6.45, 7) is 4.85. The molecule has 7 heteroatoms. The molecule has 2 N–H and O–H groups in total. The summed E-state index contributed by atoms with van der Waals surface area (Å²) < 4.78 is 33.2. The van der Waals surface area contributed by atoms with E-state index in [1.54, 1.807) is 50.2 Å². The van der Waals surface area contributed by atoms with Gasteiger partial charge in [0.25, 0.3) is 10.0 Å². The van der Waals surface area contributed by atoms with Gasteiger partial charge in [-0.1, -0.05) is 12.1 Å². The van der Waals surface area contributed by atoms with Crippen molar-refractivity contribution < 1.29 is 17.9 Å². The number of carbonyl (C=O) groups is 1. The van der Waals surface area contributed by atoms with E-state index in [1.807, 2.05) is 0 Å². The highest BCUT2D eigenvalue weighted by molar-refractivity contribution is 7.92. The zero-order chi connectivity index (χ0) is 17.9. The minimum atomic E-state index is -3.81. The van der Waals surface area contributed by atoms with Crippen LogP contribution in [0.25, 0.3) is 0 Å². The molecular weight excluding hydrogens is 328 g/mol. The molecule has 0 aliphatic heterocycles. The molecule has 6 nitrogen and oxygen atoms in total. The third kappa shape index (κ3) is 3.86. The molecule has 2 aromatic rings. The summed E-state index contributed by atoms with van der Waals surface area (Å²) in [7, 11) is -2.27. The van der Waals surface area contributed by atoms with Gasteiger partial charge in [-0.2, -0.15) is 0 Å². The van der Waals surface area contributed by atoms with Crippen LogP contribution in [0.1, 0.15) is 18.1 Å². The monoisotopic (exact) mass is 348 g/mol. The molecule has 0 saturated heterocycles. The van der Waals surface area contributed by atoms with Gasteiger partial charge >= 0.3 is 0 Å². The number of methoxy groups -OCH3 is 1. The molecule has 128 valence electrons. The summed E-state index contributed by atoms with van der Waals surface area (Å²) in [6, 6.07) is 9.88. The fourth-order valence-corrected chi connectivity index (χ4v) is 3.74. The Kier molecular flexibility index (Phi) is 5.14. The van der Waals surface area contributed by atoms with E-state index in [2.05, 4.69) is 10.0 Å². The zero-order valence-corrected chi connectivity index (χ0v) is 14.8. The first-order valence-electron chi connectivity index (χ1n) is 7.29. The number of rotatable bonds is 5. The van der Waals surface area contributed by atoms with Crippen molar-refractivity contribution in [2.75, 3.05) is 17.1 Å². The Hall–Kier alpha value is -2.54. The molecule has 0 aliphatic carbocycles. The lowest BCUT2D eigenvalue weighted by molar-refractivity contribution is -0.114. The summed E-state index contributed by atoms with van der Waals surface area (Å²) in [6.07, 6.45) is 0. The first kappa shape index (κ1) is 17.8. The number of amides is 1. The van der Waals surface area contributed by atoms with Crippen LogP contribution in [0.4, 0.5) is 11.4 Å². The molecule has 1 amide bonds. The Labute approximate surface area is 141 Å². The number of sulfonamides is 1. The first-order valence-corrected chi connectivity index (χ1v) is 8.77.